The fourth-order valence-corrected chi connectivity index (χ4v) is 3.03. The van der Waals surface area contributed by atoms with Crippen LogP contribution in [0.1, 0.15) is 25.7 Å². The molecule has 2 rings (SSSR count). The Hall–Kier alpha value is -0.250. The van der Waals surface area contributed by atoms with Gasteiger partial charge in [-0.15, -0.1) is 0 Å². The smallest absolute Gasteiger partial charge is 0.133 e. The van der Waals surface area contributed by atoms with Crippen LogP contribution in [0.4, 0.5) is 0 Å². The minimum Gasteiger partial charge on any atom is -0.491 e. The van der Waals surface area contributed by atoms with Crippen molar-refractivity contribution in [3.8, 4) is 5.75 Å². The molecule has 1 fully saturated rings. The van der Waals surface area contributed by atoms with E-state index in [1.54, 1.807) is 0 Å². The van der Waals surface area contributed by atoms with Gasteiger partial charge in [-0.3, -0.25) is 4.90 Å². The highest BCUT2D eigenvalue weighted by atomic mass is 79.9. The molecule has 0 N–H and O–H groups in total. The number of halogens is 2. The van der Waals surface area contributed by atoms with Gasteiger partial charge in [-0.1, -0.05) is 24.4 Å². The highest BCUT2D eigenvalue weighted by Gasteiger charge is 2.09. The van der Waals surface area contributed by atoms with Gasteiger partial charge in [-0.2, -0.15) is 0 Å². The molecule has 2 nitrogen and oxygen atoms in total. The second-order valence-electron chi connectivity index (χ2n) is 4.68. The number of likely N-dealkylation sites (tertiary alicyclic amines) is 1. The van der Waals surface area contributed by atoms with Crippen LogP contribution in [0.5, 0.6) is 5.75 Å². The van der Waals surface area contributed by atoms with E-state index in [9.17, 15) is 0 Å². The zero-order chi connectivity index (χ0) is 12.8. The summed E-state index contributed by atoms with van der Waals surface area (Å²) in [6.45, 7) is 4.17. The van der Waals surface area contributed by atoms with E-state index in [1.165, 1.54) is 38.8 Å². The molecule has 0 aromatic heterocycles. The van der Waals surface area contributed by atoms with Crippen LogP contribution in [0, 0.1) is 0 Å². The predicted octanol–water partition coefficient (Wildman–Crippen LogP) is 4.36. The predicted molar refractivity (Wildman–Crippen MR) is 79.6 cm³/mol. The van der Waals surface area contributed by atoms with Gasteiger partial charge in [0.2, 0.25) is 0 Å². The van der Waals surface area contributed by atoms with Crippen molar-refractivity contribution in [1.29, 1.82) is 0 Å². The molecule has 0 spiro atoms. The van der Waals surface area contributed by atoms with Crippen LogP contribution >= 0.6 is 27.5 Å². The number of hydrogen-bond acceptors (Lipinski definition) is 2. The van der Waals surface area contributed by atoms with Crippen molar-refractivity contribution in [1.82, 2.24) is 4.90 Å². The summed E-state index contributed by atoms with van der Waals surface area (Å²) in [6.07, 6.45) is 5.40. The highest BCUT2D eigenvalue weighted by molar-refractivity contribution is 9.10. The molecule has 1 saturated heterocycles. The fourth-order valence-electron chi connectivity index (χ4n) is 2.24. The lowest BCUT2D eigenvalue weighted by Gasteiger charge is -2.19. The molecule has 1 heterocycles. The quantitative estimate of drug-likeness (QED) is 0.812. The first-order chi connectivity index (χ1) is 8.75. The Morgan fingerprint density at radius 2 is 1.89 bits per heavy atom. The maximum atomic E-state index is 5.90. The molecule has 0 radical (unpaired) electrons. The topological polar surface area (TPSA) is 12.5 Å². The number of nitrogens with zero attached hydrogens (tertiary/aromatic N) is 1. The molecule has 1 aliphatic heterocycles. The van der Waals surface area contributed by atoms with Gasteiger partial charge in [-0.25, -0.2) is 0 Å². The first kappa shape index (κ1) is 14.2. The maximum Gasteiger partial charge on any atom is 0.133 e. The van der Waals surface area contributed by atoms with Crippen LogP contribution < -0.4 is 4.74 Å². The summed E-state index contributed by atoms with van der Waals surface area (Å²) >= 11 is 9.36. The third-order valence-corrected chi connectivity index (χ3v) is 4.11. The summed E-state index contributed by atoms with van der Waals surface area (Å²) in [6, 6.07) is 5.63. The normalized spacial score (nSPS) is 17.4. The van der Waals surface area contributed by atoms with Crippen molar-refractivity contribution < 1.29 is 4.74 Å². The minimum atomic E-state index is 0.724. The van der Waals surface area contributed by atoms with E-state index in [0.717, 1.165) is 28.4 Å². The van der Waals surface area contributed by atoms with Crippen molar-refractivity contribution in [2.45, 2.75) is 25.7 Å². The van der Waals surface area contributed by atoms with Crippen LogP contribution in [-0.2, 0) is 0 Å². The van der Waals surface area contributed by atoms with Crippen molar-refractivity contribution in [3.05, 3.63) is 27.7 Å². The van der Waals surface area contributed by atoms with Gasteiger partial charge in [0.15, 0.2) is 0 Å². The van der Waals surface area contributed by atoms with Gasteiger partial charge in [-0.05, 0) is 60.1 Å². The molecule has 1 aromatic carbocycles. The Morgan fingerprint density at radius 3 is 2.56 bits per heavy atom. The summed E-state index contributed by atoms with van der Waals surface area (Å²) in [5, 5.41) is 0.724. The lowest BCUT2D eigenvalue weighted by molar-refractivity contribution is 0.213. The van der Waals surface area contributed by atoms with Crippen molar-refractivity contribution >= 4 is 27.5 Å². The van der Waals surface area contributed by atoms with E-state index >= 15 is 0 Å². The number of hydrogen-bond donors (Lipinski definition) is 0. The summed E-state index contributed by atoms with van der Waals surface area (Å²) in [5.41, 5.74) is 0. The third kappa shape index (κ3) is 4.45. The second-order valence-corrected chi connectivity index (χ2v) is 5.97. The molecule has 0 atom stereocenters. The van der Waals surface area contributed by atoms with Gasteiger partial charge in [0.25, 0.3) is 0 Å². The lowest BCUT2D eigenvalue weighted by Crippen LogP contribution is -2.29. The molecule has 0 unspecified atom stereocenters. The van der Waals surface area contributed by atoms with Gasteiger partial charge in [0, 0.05) is 11.6 Å². The first-order valence-corrected chi connectivity index (χ1v) is 7.73. The molecule has 4 heteroatoms. The van der Waals surface area contributed by atoms with Crippen LogP contribution in [0.25, 0.3) is 0 Å². The molecule has 0 amide bonds. The second kappa shape index (κ2) is 7.37. The Bertz CT molecular complexity index is 378. The number of ether oxygens (including phenoxy) is 1. The first-order valence-electron chi connectivity index (χ1n) is 6.56. The minimum absolute atomic E-state index is 0.724. The summed E-state index contributed by atoms with van der Waals surface area (Å²) in [5.74, 6) is 0.870. The molecular formula is C14H19BrClNO. The number of rotatable bonds is 4. The average Bonchev–Trinajstić information content (AvgIpc) is 2.60. The molecule has 0 bridgehead atoms. The van der Waals surface area contributed by atoms with E-state index in [2.05, 4.69) is 20.8 Å². The van der Waals surface area contributed by atoms with E-state index in [4.69, 9.17) is 16.3 Å². The number of benzene rings is 1. The van der Waals surface area contributed by atoms with Crippen LogP contribution in [0.2, 0.25) is 5.02 Å². The monoisotopic (exact) mass is 331 g/mol. The lowest BCUT2D eigenvalue weighted by atomic mass is 10.2. The molecule has 18 heavy (non-hydrogen) atoms. The third-order valence-electron chi connectivity index (χ3n) is 3.26. The Kier molecular flexibility index (Phi) is 5.80. The van der Waals surface area contributed by atoms with E-state index in [1.807, 2.05) is 18.2 Å². The van der Waals surface area contributed by atoms with Gasteiger partial charge < -0.3 is 4.74 Å². The molecule has 0 aliphatic carbocycles. The van der Waals surface area contributed by atoms with Gasteiger partial charge in [0.1, 0.15) is 12.4 Å². The van der Waals surface area contributed by atoms with E-state index in [-0.39, 0.29) is 0 Å². The Labute approximate surface area is 122 Å². The summed E-state index contributed by atoms with van der Waals surface area (Å²) in [4.78, 5) is 2.50. The molecule has 100 valence electrons. The van der Waals surface area contributed by atoms with Crippen molar-refractivity contribution in [2.75, 3.05) is 26.2 Å². The van der Waals surface area contributed by atoms with Crippen LogP contribution in [0.3, 0.4) is 0 Å². The highest BCUT2D eigenvalue weighted by Crippen LogP contribution is 2.27. The van der Waals surface area contributed by atoms with Crippen LogP contribution in [0.15, 0.2) is 22.7 Å². The standard InChI is InChI=1S/C14H19BrClNO/c15-13-11-12(16)5-6-14(13)18-10-9-17-7-3-1-2-4-8-17/h5-6,11H,1-4,7-10H2. The van der Waals surface area contributed by atoms with Crippen molar-refractivity contribution in [3.63, 3.8) is 0 Å². The van der Waals surface area contributed by atoms with E-state index in [0.29, 0.717) is 0 Å². The SMILES string of the molecule is Clc1ccc(OCCN2CCCCCC2)c(Br)c1. The van der Waals surface area contributed by atoms with Crippen LogP contribution in [-0.4, -0.2) is 31.1 Å². The maximum absolute atomic E-state index is 5.90. The fraction of sp³-hybridized carbons (Fsp3) is 0.571. The molecule has 1 aliphatic rings. The van der Waals surface area contributed by atoms with E-state index < -0.39 is 0 Å². The molecule has 0 saturated carbocycles. The average molecular weight is 333 g/mol. The zero-order valence-corrected chi connectivity index (χ0v) is 12.8. The molecular weight excluding hydrogens is 314 g/mol. The summed E-state index contributed by atoms with van der Waals surface area (Å²) < 4.78 is 6.71. The van der Waals surface area contributed by atoms with Gasteiger partial charge in [0.05, 0.1) is 4.47 Å². The van der Waals surface area contributed by atoms with Crippen molar-refractivity contribution in [2.24, 2.45) is 0 Å². The Morgan fingerprint density at radius 1 is 1.17 bits per heavy atom. The summed E-state index contributed by atoms with van der Waals surface area (Å²) in [7, 11) is 0. The molecule has 1 aromatic rings. The zero-order valence-electron chi connectivity index (χ0n) is 10.5. The Balaban J connectivity index is 1.77. The largest absolute Gasteiger partial charge is 0.491 e. The van der Waals surface area contributed by atoms with Gasteiger partial charge >= 0.3 is 0 Å².